The molecular formula is C14H12F2N2O. The van der Waals surface area contributed by atoms with Gasteiger partial charge in [-0.25, -0.2) is 8.78 Å². The number of anilines is 2. The van der Waals surface area contributed by atoms with Crippen molar-refractivity contribution >= 4 is 17.3 Å². The standard InChI is InChI=1S/C14H12F2N2O/c1-8-3-2-4-10(13(8)17)14(19)18-9-5-6-11(15)12(16)7-9/h2-7H,17H2,1H3,(H,18,19). The molecule has 19 heavy (non-hydrogen) atoms. The Kier molecular flexibility index (Phi) is 3.46. The van der Waals surface area contributed by atoms with Crippen LogP contribution in [0.2, 0.25) is 0 Å². The molecular weight excluding hydrogens is 250 g/mol. The minimum atomic E-state index is -1.02. The Morgan fingerprint density at radius 1 is 1.16 bits per heavy atom. The maximum absolute atomic E-state index is 13.0. The van der Waals surface area contributed by atoms with Crippen LogP contribution in [0.1, 0.15) is 15.9 Å². The van der Waals surface area contributed by atoms with Gasteiger partial charge in [0.25, 0.3) is 5.91 Å². The van der Waals surface area contributed by atoms with E-state index in [-0.39, 0.29) is 5.69 Å². The number of halogens is 2. The van der Waals surface area contributed by atoms with E-state index in [4.69, 9.17) is 5.73 Å². The zero-order valence-electron chi connectivity index (χ0n) is 10.2. The third-order valence-corrected chi connectivity index (χ3v) is 2.75. The van der Waals surface area contributed by atoms with E-state index in [0.29, 0.717) is 11.3 Å². The molecule has 3 N–H and O–H groups in total. The number of para-hydroxylation sites is 1. The second-order valence-electron chi connectivity index (χ2n) is 4.12. The van der Waals surface area contributed by atoms with Crippen LogP contribution in [-0.4, -0.2) is 5.91 Å². The predicted molar refractivity (Wildman–Crippen MR) is 69.9 cm³/mol. The maximum Gasteiger partial charge on any atom is 0.257 e. The Bertz CT molecular complexity index is 641. The van der Waals surface area contributed by atoms with Gasteiger partial charge in [0.2, 0.25) is 0 Å². The molecule has 0 fully saturated rings. The van der Waals surface area contributed by atoms with Gasteiger partial charge in [0.15, 0.2) is 11.6 Å². The average Bonchev–Trinajstić information content (AvgIpc) is 2.37. The quantitative estimate of drug-likeness (QED) is 0.817. The first kappa shape index (κ1) is 13.0. The van der Waals surface area contributed by atoms with Gasteiger partial charge in [0, 0.05) is 17.4 Å². The third-order valence-electron chi connectivity index (χ3n) is 2.75. The van der Waals surface area contributed by atoms with Crippen LogP contribution in [-0.2, 0) is 0 Å². The zero-order chi connectivity index (χ0) is 14.0. The number of nitrogens with one attached hydrogen (secondary N) is 1. The summed E-state index contributed by atoms with van der Waals surface area (Å²) in [5, 5.41) is 2.47. The normalized spacial score (nSPS) is 10.3. The third kappa shape index (κ3) is 2.70. The van der Waals surface area contributed by atoms with Crippen LogP contribution in [0.25, 0.3) is 0 Å². The van der Waals surface area contributed by atoms with Crippen molar-refractivity contribution in [2.75, 3.05) is 11.1 Å². The molecule has 0 unspecified atom stereocenters. The van der Waals surface area contributed by atoms with Crippen molar-refractivity contribution in [3.63, 3.8) is 0 Å². The smallest absolute Gasteiger partial charge is 0.257 e. The number of carbonyl (C=O) groups excluding carboxylic acids is 1. The first-order valence-corrected chi connectivity index (χ1v) is 5.60. The van der Waals surface area contributed by atoms with Gasteiger partial charge < -0.3 is 11.1 Å². The SMILES string of the molecule is Cc1cccc(C(=O)Nc2ccc(F)c(F)c2)c1N. The van der Waals surface area contributed by atoms with Crippen LogP contribution in [0, 0.1) is 18.6 Å². The Hall–Kier alpha value is -2.43. The number of hydrogen-bond donors (Lipinski definition) is 2. The molecule has 0 saturated carbocycles. The highest BCUT2D eigenvalue weighted by Crippen LogP contribution is 2.19. The maximum atomic E-state index is 13.0. The lowest BCUT2D eigenvalue weighted by atomic mass is 10.1. The number of rotatable bonds is 2. The van der Waals surface area contributed by atoms with Crippen molar-refractivity contribution < 1.29 is 13.6 Å². The van der Waals surface area contributed by atoms with Crippen molar-refractivity contribution in [1.29, 1.82) is 0 Å². The number of benzene rings is 2. The minimum absolute atomic E-state index is 0.171. The van der Waals surface area contributed by atoms with Gasteiger partial charge in [-0.1, -0.05) is 12.1 Å². The number of carbonyl (C=O) groups is 1. The van der Waals surface area contributed by atoms with Crippen LogP contribution in [0.3, 0.4) is 0 Å². The zero-order valence-corrected chi connectivity index (χ0v) is 10.2. The van der Waals surface area contributed by atoms with E-state index in [1.165, 1.54) is 6.07 Å². The summed E-state index contributed by atoms with van der Waals surface area (Å²) in [5.41, 5.74) is 7.40. The van der Waals surface area contributed by atoms with Crippen LogP contribution in [0.15, 0.2) is 36.4 Å². The molecule has 0 aliphatic carbocycles. The van der Waals surface area contributed by atoms with Crippen molar-refractivity contribution in [3.8, 4) is 0 Å². The lowest BCUT2D eigenvalue weighted by Gasteiger charge is -2.09. The Labute approximate surface area is 109 Å². The van der Waals surface area contributed by atoms with Crippen molar-refractivity contribution in [2.24, 2.45) is 0 Å². The molecule has 0 spiro atoms. The molecule has 0 aliphatic heterocycles. The van der Waals surface area contributed by atoms with Gasteiger partial charge in [-0.2, -0.15) is 0 Å². The molecule has 0 heterocycles. The summed E-state index contributed by atoms with van der Waals surface area (Å²) in [6, 6.07) is 8.19. The summed E-state index contributed by atoms with van der Waals surface area (Å²) in [5.74, 6) is -2.45. The molecule has 98 valence electrons. The first-order chi connectivity index (χ1) is 8.99. The second kappa shape index (κ2) is 5.06. The van der Waals surface area contributed by atoms with Crippen molar-refractivity contribution in [2.45, 2.75) is 6.92 Å². The van der Waals surface area contributed by atoms with Gasteiger partial charge in [-0.15, -0.1) is 0 Å². The highest BCUT2D eigenvalue weighted by atomic mass is 19.2. The van der Waals surface area contributed by atoms with Crippen molar-refractivity contribution in [1.82, 2.24) is 0 Å². The molecule has 1 amide bonds. The summed E-state index contributed by atoms with van der Waals surface area (Å²) >= 11 is 0. The first-order valence-electron chi connectivity index (χ1n) is 5.60. The van der Waals surface area contributed by atoms with E-state index >= 15 is 0 Å². The summed E-state index contributed by atoms with van der Waals surface area (Å²) in [6.45, 7) is 1.78. The molecule has 0 aliphatic rings. The topological polar surface area (TPSA) is 55.1 Å². The summed E-state index contributed by atoms with van der Waals surface area (Å²) < 4.78 is 25.8. The molecule has 2 rings (SSSR count). The van der Waals surface area contributed by atoms with Gasteiger partial charge in [-0.05, 0) is 30.7 Å². The van der Waals surface area contributed by atoms with Crippen LogP contribution in [0.4, 0.5) is 20.2 Å². The molecule has 5 heteroatoms. The highest BCUT2D eigenvalue weighted by Gasteiger charge is 2.12. The fourth-order valence-corrected chi connectivity index (χ4v) is 1.65. The second-order valence-corrected chi connectivity index (χ2v) is 4.12. The summed E-state index contributed by atoms with van der Waals surface area (Å²) in [4.78, 5) is 12.0. The Morgan fingerprint density at radius 2 is 1.89 bits per heavy atom. The Morgan fingerprint density at radius 3 is 2.58 bits per heavy atom. The van der Waals surface area contributed by atoms with Crippen LogP contribution < -0.4 is 11.1 Å². The van der Waals surface area contributed by atoms with Crippen LogP contribution >= 0.6 is 0 Å². The summed E-state index contributed by atoms with van der Waals surface area (Å²) in [6.07, 6.45) is 0. The molecule has 0 bridgehead atoms. The fraction of sp³-hybridized carbons (Fsp3) is 0.0714. The molecule has 0 saturated heterocycles. The number of amides is 1. The van der Waals surface area contributed by atoms with Gasteiger partial charge >= 0.3 is 0 Å². The monoisotopic (exact) mass is 262 g/mol. The van der Waals surface area contributed by atoms with E-state index in [1.807, 2.05) is 0 Å². The summed E-state index contributed by atoms with van der Waals surface area (Å²) in [7, 11) is 0. The fourth-order valence-electron chi connectivity index (χ4n) is 1.65. The van der Waals surface area contributed by atoms with E-state index in [0.717, 1.165) is 17.7 Å². The number of nitrogens with two attached hydrogens (primary N) is 1. The average molecular weight is 262 g/mol. The van der Waals surface area contributed by atoms with E-state index in [1.54, 1.807) is 25.1 Å². The van der Waals surface area contributed by atoms with Gasteiger partial charge in [-0.3, -0.25) is 4.79 Å². The van der Waals surface area contributed by atoms with Gasteiger partial charge in [0.05, 0.1) is 5.56 Å². The highest BCUT2D eigenvalue weighted by molar-refractivity contribution is 6.08. The van der Waals surface area contributed by atoms with Gasteiger partial charge in [0.1, 0.15) is 0 Å². The molecule has 0 atom stereocenters. The van der Waals surface area contributed by atoms with E-state index in [9.17, 15) is 13.6 Å². The predicted octanol–water partition coefficient (Wildman–Crippen LogP) is 3.11. The number of aryl methyl sites for hydroxylation is 1. The van der Waals surface area contributed by atoms with E-state index < -0.39 is 17.5 Å². The van der Waals surface area contributed by atoms with E-state index in [2.05, 4.69) is 5.32 Å². The largest absolute Gasteiger partial charge is 0.398 e. The molecule has 0 radical (unpaired) electrons. The molecule has 3 nitrogen and oxygen atoms in total. The molecule has 2 aromatic carbocycles. The number of nitrogen functional groups attached to an aromatic ring is 1. The lowest BCUT2D eigenvalue weighted by Crippen LogP contribution is -2.14. The van der Waals surface area contributed by atoms with Crippen molar-refractivity contribution in [3.05, 3.63) is 59.2 Å². The molecule has 2 aromatic rings. The molecule has 0 aromatic heterocycles. The number of hydrogen-bond acceptors (Lipinski definition) is 2. The Balaban J connectivity index is 2.26. The minimum Gasteiger partial charge on any atom is -0.398 e. The lowest BCUT2D eigenvalue weighted by molar-refractivity contribution is 0.102. The van der Waals surface area contributed by atoms with Crippen LogP contribution in [0.5, 0.6) is 0 Å².